The fraction of sp³-hybridized carbons (Fsp3) is 0.478. The van der Waals surface area contributed by atoms with Gasteiger partial charge in [0.15, 0.2) is 10.6 Å². The first kappa shape index (κ1) is 20.0. The lowest BCUT2D eigenvalue weighted by Gasteiger charge is -2.33. The summed E-state index contributed by atoms with van der Waals surface area (Å²) in [4.78, 5) is 27.8. The third kappa shape index (κ3) is 3.66. The molecule has 0 saturated heterocycles. The quantitative estimate of drug-likeness (QED) is 0.597. The van der Waals surface area contributed by atoms with Crippen LogP contribution in [0.2, 0.25) is 0 Å². The maximum atomic E-state index is 13.1. The highest BCUT2D eigenvalue weighted by Crippen LogP contribution is 2.41. The summed E-state index contributed by atoms with van der Waals surface area (Å²) < 4.78 is 1.22. The number of hydrogen-bond acceptors (Lipinski definition) is 5. The van der Waals surface area contributed by atoms with Crippen molar-refractivity contribution in [2.24, 2.45) is 11.3 Å². The van der Waals surface area contributed by atoms with E-state index in [2.05, 4.69) is 31.1 Å². The first-order valence-corrected chi connectivity index (χ1v) is 11.0. The molecule has 29 heavy (non-hydrogen) atoms. The number of benzene rings is 1. The molecule has 5 nitrogen and oxygen atoms in total. The summed E-state index contributed by atoms with van der Waals surface area (Å²) in [6.45, 7) is 10.7. The van der Waals surface area contributed by atoms with Gasteiger partial charge in [0.2, 0.25) is 0 Å². The number of thiophene rings is 1. The minimum Gasteiger partial charge on any atom is -0.292 e. The highest BCUT2D eigenvalue weighted by atomic mass is 32.1. The summed E-state index contributed by atoms with van der Waals surface area (Å²) in [6.07, 6.45) is 2.95. The van der Waals surface area contributed by atoms with Gasteiger partial charge in [-0.25, -0.2) is 4.68 Å². The average Bonchev–Trinajstić information content (AvgIpc) is 3.04. The zero-order valence-corrected chi connectivity index (χ0v) is 18.5. The van der Waals surface area contributed by atoms with Gasteiger partial charge in [-0.05, 0) is 67.2 Å². The number of carbonyl (C=O) groups is 1. The van der Waals surface area contributed by atoms with Gasteiger partial charge in [0.1, 0.15) is 6.54 Å². The van der Waals surface area contributed by atoms with E-state index in [0.717, 1.165) is 36.0 Å². The van der Waals surface area contributed by atoms with Gasteiger partial charge in [-0.3, -0.25) is 9.59 Å². The number of Topliss-reactive ketones (excluding diaryl/α,β-unsaturated/α-hetero) is 1. The van der Waals surface area contributed by atoms with Crippen LogP contribution in [0.3, 0.4) is 0 Å². The minimum absolute atomic E-state index is 0.0838. The van der Waals surface area contributed by atoms with Gasteiger partial charge in [-0.2, -0.15) is 0 Å². The first-order valence-electron chi connectivity index (χ1n) is 10.1. The molecule has 1 atom stereocenters. The number of rotatable bonds is 3. The summed E-state index contributed by atoms with van der Waals surface area (Å²) in [5.74, 6) is 0.477. The highest BCUT2D eigenvalue weighted by Gasteiger charge is 2.32. The molecule has 1 aliphatic rings. The molecule has 0 fully saturated rings. The van der Waals surface area contributed by atoms with Crippen molar-refractivity contribution in [3.05, 3.63) is 55.7 Å². The van der Waals surface area contributed by atoms with Crippen molar-refractivity contribution in [3.8, 4) is 0 Å². The maximum absolute atomic E-state index is 13.1. The van der Waals surface area contributed by atoms with Crippen molar-refractivity contribution < 1.29 is 4.79 Å². The second-order valence-corrected chi connectivity index (χ2v) is 10.3. The van der Waals surface area contributed by atoms with E-state index in [1.807, 2.05) is 26.0 Å². The van der Waals surface area contributed by atoms with E-state index < -0.39 is 0 Å². The van der Waals surface area contributed by atoms with Gasteiger partial charge in [0, 0.05) is 10.4 Å². The molecular formula is C23H27N3O2S. The maximum Gasteiger partial charge on any atom is 0.279 e. The van der Waals surface area contributed by atoms with Crippen LogP contribution in [-0.4, -0.2) is 20.8 Å². The summed E-state index contributed by atoms with van der Waals surface area (Å²) in [6, 6.07) is 5.61. The van der Waals surface area contributed by atoms with E-state index in [9.17, 15) is 9.59 Å². The van der Waals surface area contributed by atoms with Crippen molar-refractivity contribution in [3.63, 3.8) is 0 Å². The fourth-order valence-corrected chi connectivity index (χ4v) is 5.35. The molecule has 6 heteroatoms. The molecular weight excluding hydrogens is 382 g/mol. The Morgan fingerprint density at radius 2 is 2.00 bits per heavy atom. The Kier molecular flexibility index (Phi) is 4.93. The molecule has 1 aliphatic carbocycles. The van der Waals surface area contributed by atoms with Crippen LogP contribution in [0.4, 0.5) is 0 Å². The predicted octanol–water partition coefficient (Wildman–Crippen LogP) is 4.50. The number of fused-ring (bicyclic) bond motifs is 3. The van der Waals surface area contributed by atoms with Gasteiger partial charge >= 0.3 is 0 Å². The highest BCUT2D eigenvalue weighted by molar-refractivity contribution is 7.18. The first-order chi connectivity index (χ1) is 13.6. The van der Waals surface area contributed by atoms with E-state index in [-0.39, 0.29) is 23.3 Å². The Bertz CT molecular complexity index is 1170. The second-order valence-electron chi connectivity index (χ2n) is 9.26. The third-order valence-electron chi connectivity index (χ3n) is 6.29. The Morgan fingerprint density at radius 3 is 2.69 bits per heavy atom. The van der Waals surface area contributed by atoms with E-state index >= 15 is 0 Å². The molecule has 152 valence electrons. The normalized spacial score (nSPS) is 16.8. The topological polar surface area (TPSA) is 64.8 Å². The minimum atomic E-state index is -0.195. The van der Waals surface area contributed by atoms with Crippen molar-refractivity contribution in [1.82, 2.24) is 15.0 Å². The number of carbonyl (C=O) groups excluding carboxylic acids is 1. The molecule has 2 heterocycles. The summed E-state index contributed by atoms with van der Waals surface area (Å²) in [5.41, 5.74) is 3.97. The molecule has 0 N–H and O–H groups in total. The van der Waals surface area contributed by atoms with Crippen molar-refractivity contribution in [2.45, 2.75) is 60.4 Å². The molecule has 0 aliphatic heterocycles. The number of aryl methyl sites for hydroxylation is 3. The van der Waals surface area contributed by atoms with Crippen LogP contribution in [0.1, 0.15) is 59.1 Å². The molecule has 3 aromatic rings. The Morgan fingerprint density at radius 1 is 1.24 bits per heavy atom. The molecule has 4 rings (SSSR count). The zero-order chi connectivity index (χ0) is 20.9. The van der Waals surface area contributed by atoms with E-state index in [1.165, 1.54) is 9.56 Å². The van der Waals surface area contributed by atoms with Crippen LogP contribution < -0.4 is 5.56 Å². The standard InChI is InChI=1S/C23H27N3O2S/c1-13-6-7-15(10-14(13)2)18(27)12-26-22(28)20-17-9-8-16(23(3,4)5)11-19(17)29-21(20)24-25-26/h6-7,10,16H,8-9,11-12H2,1-5H3. The van der Waals surface area contributed by atoms with Crippen molar-refractivity contribution >= 4 is 27.3 Å². The summed E-state index contributed by atoms with van der Waals surface area (Å²) in [7, 11) is 0. The van der Waals surface area contributed by atoms with Crippen LogP contribution >= 0.6 is 11.3 Å². The Labute approximate surface area is 174 Å². The van der Waals surface area contributed by atoms with E-state index in [1.54, 1.807) is 17.4 Å². The predicted molar refractivity (Wildman–Crippen MR) is 117 cm³/mol. The van der Waals surface area contributed by atoms with Gasteiger partial charge in [0.05, 0.1) is 5.39 Å². The summed E-state index contributed by atoms with van der Waals surface area (Å²) in [5, 5.41) is 9.03. The lowest BCUT2D eigenvalue weighted by molar-refractivity contribution is 0.0964. The SMILES string of the molecule is Cc1ccc(C(=O)Cn2nnc3sc4c(c3c2=O)CCC(C(C)(C)C)C4)cc1C. The number of nitrogens with zero attached hydrogens (tertiary/aromatic N) is 3. The van der Waals surface area contributed by atoms with Crippen LogP contribution in [0.25, 0.3) is 10.2 Å². The molecule has 1 aromatic carbocycles. The smallest absolute Gasteiger partial charge is 0.279 e. The van der Waals surface area contributed by atoms with Crippen LogP contribution in [0.15, 0.2) is 23.0 Å². The number of aromatic nitrogens is 3. The Hall–Kier alpha value is -2.34. The fourth-order valence-electron chi connectivity index (χ4n) is 4.11. The molecule has 2 aromatic heterocycles. The molecule has 0 radical (unpaired) electrons. The van der Waals surface area contributed by atoms with Gasteiger partial charge in [0.25, 0.3) is 5.56 Å². The van der Waals surface area contributed by atoms with Crippen LogP contribution in [-0.2, 0) is 19.4 Å². The molecule has 0 saturated carbocycles. The van der Waals surface area contributed by atoms with Gasteiger partial charge in [-0.1, -0.05) is 38.1 Å². The molecule has 0 spiro atoms. The van der Waals surface area contributed by atoms with Crippen LogP contribution in [0.5, 0.6) is 0 Å². The number of ketones is 1. The van der Waals surface area contributed by atoms with Crippen molar-refractivity contribution in [2.75, 3.05) is 0 Å². The molecule has 0 amide bonds. The number of hydrogen-bond donors (Lipinski definition) is 0. The third-order valence-corrected chi connectivity index (χ3v) is 7.42. The average molecular weight is 410 g/mol. The molecule has 1 unspecified atom stereocenters. The largest absolute Gasteiger partial charge is 0.292 e. The summed E-state index contributed by atoms with van der Waals surface area (Å²) >= 11 is 1.59. The monoisotopic (exact) mass is 409 g/mol. The van der Waals surface area contributed by atoms with E-state index in [0.29, 0.717) is 21.7 Å². The molecule has 0 bridgehead atoms. The lowest BCUT2D eigenvalue weighted by atomic mass is 9.72. The second kappa shape index (κ2) is 7.17. The zero-order valence-electron chi connectivity index (χ0n) is 17.7. The van der Waals surface area contributed by atoms with Gasteiger partial charge in [-0.15, -0.1) is 16.4 Å². The lowest BCUT2D eigenvalue weighted by Crippen LogP contribution is -2.29. The van der Waals surface area contributed by atoms with E-state index in [4.69, 9.17) is 0 Å². The van der Waals surface area contributed by atoms with Gasteiger partial charge < -0.3 is 0 Å². The Balaban J connectivity index is 1.67. The van der Waals surface area contributed by atoms with Crippen LogP contribution in [0, 0.1) is 25.2 Å². The van der Waals surface area contributed by atoms with Crippen molar-refractivity contribution in [1.29, 1.82) is 0 Å².